The van der Waals surface area contributed by atoms with E-state index in [9.17, 15) is 13.6 Å². The molecule has 2 aromatic rings. The lowest BCUT2D eigenvalue weighted by atomic mass is 10.2. The van der Waals surface area contributed by atoms with Gasteiger partial charge in [-0.05, 0) is 29.8 Å². The van der Waals surface area contributed by atoms with Crippen LogP contribution in [0.25, 0.3) is 0 Å². The van der Waals surface area contributed by atoms with Gasteiger partial charge in [0.1, 0.15) is 11.6 Å². The van der Waals surface area contributed by atoms with Gasteiger partial charge in [-0.2, -0.15) is 11.8 Å². The zero-order valence-electron chi connectivity index (χ0n) is 11.6. The average Bonchev–Trinajstić information content (AvgIpc) is 2.51. The van der Waals surface area contributed by atoms with E-state index < -0.39 is 11.7 Å². The van der Waals surface area contributed by atoms with Crippen LogP contribution in [0.5, 0.6) is 0 Å². The standard InChI is InChI=1S/C16H14ClF2NOS/c17-12-5-6-15(19)13(9-12)16(21)20-7-8-22-10-11-3-1-2-4-14(11)18/h1-6,9H,7-8,10H2,(H,20,21). The summed E-state index contributed by atoms with van der Waals surface area (Å²) in [4.78, 5) is 11.8. The van der Waals surface area contributed by atoms with Crippen molar-refractivity contribution in [1.82, 2.24) is 5.32 Å². The Labute approximate surface area is 136 Å². The van der Waals surface area contributed by atoms with E-state index >= 15 is 0 Å². The van der Waals surface area contributed by atoms with Crippen molar-refractivity contribution in [3.8, 4) is 0 Å². The Morgan fingerprint density at radius 2 is 1.91 bits per heavy atom. The molecule has 6 heteroatoms. The van der Waals surface area contributed by atoms with Crippen LogP contribution >= 0.6 is 23.4 Å². The second kappa shape index (κ2) is 8.15. The fourth-order valence-corrected chi connectivity index (χ4v) is 2.82. The lowest BCUT2D eigenvalue weighted by Crippen LogP contribution is -2.26. The molecule has 0 aliphatic carbocycles. The second-order valence-corrected chi connectivity index (χ2v) is 6.07. The van der Waals surface area contributed by atoms with Gasteiger partial charge in [0.25, 0.3) is 5.91 Å². The largest absolute Gasteiger partial charge is 0.351 e. The summed E-state index contributed by atoms with van der Waals surface area (Å²) in [6.07, 6.45) is 0. The number of rotatable bonds is 6. The number of nitrogens with one attached hydrogen (secondary N) is 1. The van der Waals surface area contributed by atoms with E-state index in [-0.39, 0.29) is 11.4 Å². The van der Waals surface area contributed by atoms with Crippen LogP contribution in [0.4, 0.5) is 8.78 Å². The molecule has 0 unspecified atom stereocenters. The highest BCUT2D eigenvalue weighted by atomic mass is 35.5. The third-order valence-electron chi connectivity index (χ3n) is 2.92. The Morgan fingerprint density at radius 3 is 2.68 bits per heavy atom. The van der Waals surface area contributed by atoms with Crippen molar-refractivity contribution in [1.29, 1.82) is 0 Å². The molecule has 0 radical (unpaired) electrons. The topological polar surface area (TPSA) is 29.1 Å². The van der Waals surface area contributed by atoms with Gasteiger partial charge in [-0.3, -0.25) is 4.79 Å². The number of hydrogen-bond acceptors (Lipinski definition) is 2. The van der Waals surface area contributed by atoms with Crippen LogP contribution in [0.3, 0.4) is 0 Å². The molecule has 0 atom stereocenters. The van der Waals surface area contributed by atoms with Crippen LogP contribution in [-0.4, -0.2) is 18.2 Å². The van der Waals surface area contributed by atoms with Gasteiger partial charge in [-0.25, -0.2) is 8.78 Å². The summed E-state index contributed by atoms with van der Waals surface area (Å²) in [6, 6.07) is 10.4. The maximum atomic E-state index is 13.5. The van der Waals surface area contributed by atoms with E-state index in [1.165, 1.54) is 30.0 Å². The molecule has 2 rings (SSSR count). The van der Waals surface area contributed by atoms with Crippen molar-refractivity contribution in [3.63, 3.8) is 0 Å². The Morgan fingerprint density at radius 1 is 1.14 bits per heavy atom. The third-order valence-corrected chi connectivity index (χ3v) is 4.16. The Balaban J connectivity index is 1.76. The fourth-order valence-electron chi connectivity index (χ4n) is 1.80. The number of hydrogen-bond donors (Lipinski definition) is 1. The zero-order valence-corrected chi connectivity index (χ0v) is 13.2. The summed E-state index contributed by atoms with van der Waals surface area (Å²) >= 11 is 7.23. The van der Waals surface area contributed by atoms with Crippen molar-refractivity contribution in [3.05, 3.63) is 70.2 Å². The molecule has 0 saturated carbocycles. The molecule has 116 valence electrons. The maximum absolute atomic E-state index is 13.5. The fraction of sp³-hybridized carbons (Fsp3) is 0.188. The molecule has 2 nitrogen and oxygen atoms in total. The van der Waals surface area contributed by atoms with E-state index in [1.807, 2.05) is 0 Å². The number of carbonyl (C=O) groups excluding carboxylic acids is 1. The smallest absolute Gasteiger partial charge is 0.254 e. The number of halogens is 3. The highest BCUT2D eigenvalue weighted by Gasteiger charge is 2.11. The Kier molecular flexibility index (Phi) is 6.21. The molecule has 0 bridgehead atoms. The predicted molar refractivity (Wildman–Crippen MR) is 86.3 cm³/mol. The summed E-state index contributed by atoms with van der Waals surface area (Å²) in [5.74, 6) is -0.233. The number of thioether (sulfide) groups is 1. The first-order chi connectivity index (χ1) is 10.6. The molecule has 1 amide bonds. The third kappa shape index (κ3) is 4.71. The van der Waals surface area contributed by atoms with Crippen LogP contribution in [0.2, 0.25) is 5.02 Å². The van der Waals surface area contributed by atoms with Gasteiger partial charge in [0.05, 0.1) is 5.56 Å². The molecule has 0 aliphatic rings. The molecule has 0 aliphatic heterocycles. The van der Waals surface area contributed by atoms with E-state index in [0.29, 0.717) is 28.6 Å². The quantitative estimate of drug-likeness (QED) is 0.794. The van der Waals surface area contributed by atoms with Crippen molar-refractivity contribution in [2.45, 2.75) is 5.75 Å². The van der Waals surface area contributed by atoms with Gasteiger partial charge in [0.15, 0.2) is 0 Å². The molecular weight excluding hydrogens is 328 g/mol. The van der Waals surface area contributed by atoms with Gasteiger partial charge in [-0.15, -0.1) is 0 Å². The van der Waals surface area contributed by atoms with Gasteiger partial charge in [-0.1, -0.05) is 29.8 Å². The minimum Gasteiger partial charge on any atom is -0.351 e. The molecule has 0 spiro atoms. The molecule has 22 heavy (non-hydrogen) atoms. The minimum atomic E-state index is -0.610. The molecular formula is C16H14ClF2NOS. The lowest BCUT2D eigenvalue weighted by Gasteiger charge is -2.07. The van der Waals surface area contributed by atoms with E-state index in [1.54, 1.807) is 18.2 Å². The SMILES string of the molecule is O=C(NCCSCc1ccccc1F)c1cc(Cl)ccc1F. The summed E-state index contributed by atoms with van der Waals surface area (Å²) in [5.41, 5.74) is 0.548. The maximum Gasteiger partial charge on any atom is 0.254 e. The summed E-state index contributed by atoms with van der Waals surface area (Å²) < 4.78 is 26.9. The molecule has 0 heterocycles. The van der Waals surface area contributed by atoms with Gasteiger partial charge >= 0.3 is 0 Å². The molecule has 0 saturated heterocycles. The monoisotopic (exact) mass is 341 g/mol. The first-order valence-electron chi connectivity index (χ1n) is 6.62. The van der Waals surface area contributed by atoms with Crippen LogP contribution in [0, 0.1) is 11.6 Å². The van der Waals surface area contributed by atoms with Crippen molar-refractivity contribution < 1.29 is 13.6 Å². The van der Waals surface area contributed by atoms with Crippen LogP contribution < -0.4 is 5.32 Å². The summed E-state index contributed by atoms with van der Waals surface area (Å²) in [6.45, 7) is 0.365. The molecule has 2 aromatic carbocycles. The number of benzene rings is 2. The lowest BCUT2D eigenvalue weighted by molar-refractivity contribution is 0.0952. The van der Waals surface area contributed by atoms with Crippen LogP contribution in [-0.2, 0) is 5.75 Å². The van der Waals surface area contributed by atoms with Gasteiger partial charge < -0.3 is 5.32 Å². The Bertz CT molecular complexity index is 666. The second-order valence-electron chi connectivity index (χ2n) is 4.52. The highest BCUT2D eigenvalue weighted by molar-refractivity contribution is 7.98. The molecule has 1 N–H and O–H groups in total. The minimum absolute atomic E-state index is 0.0772. The molecule has 0 fully saturated rings. The van der Waals surface area contributed by atoms with Crippen molar-refractivity contribution in [2.24, 2.45) is 0 Å². The van der Waals surface area contributed by atoms with Crippen LogP contribution in [0.1, 0.15) is 15.9 Å². The highest BCUT2D eigenvalue weighted by Crippen LogP contribution is 2.16. The normalized spacial score (nSPS) is 10.5. The van der Waals surface area contributed by atoms with Crippen molar-refractivity contribution in [2.75, 3.05) is 12.3 Å². The summed E-state index contributed by atoms with van der Waals surface area (Å²) in [7, 11) is 0. The number of amides is 1. The average molecular weight is 342 g/mol. The van der Waals surface area contributed by atoms with Gasteiger partial charge in [0.2, 0.25) is 0 Å². The van der Waals surface area contributed by atoms with E-state index in [0.717, 1.165) is 6.07 Å². The number of carbonyl (C=O) groups is 1. The first kappa shape index (κ1) is 16.8. The Hall–Kier alpha value is -1.59. The van der Waals surface area contributed by atoms with E-state index in [2.05, 4.69) is 5.32 Å². The first-order valence-corrected chi connectivity index (χ1v) is 8.15. The zero-order chi connectivity index (χ0) is 15.9. The van der Waals surface area contributed by atoms with Crippen LogP contribution in [0.15, 0.2) is 42.5 Å². The molecule has 0 aromatic heterocycles. The van der Waals surface area contributed by atoms with Crippen molar-refractivity contribution >= 4 is 29.3 Å². The summed E-state index contributed by atoms with van der Waals surface area (Å²) in [5, 5.41) is 2.92. The van der Waals surface area contributed by atoms with E-state index in [4.69, 9.17) is 11.6 Å². The predicted octanol–water partition coefficient (Wildman–Crippen LogP) is 4.28. The van der Waals surface area contributed by atoms with Gasteiger partial charge in [0, 0.05) is 23.1 Å².